The monoisotopic (exact) mass is 336 g/mol. The maximum Gasteiger partial charge on any atom is 0.319 e. The summed E-state index contributed by atoms with van der Waals surface area (Å²) in [6.45, 7) is 3.89. The van der Waals surface area contributed by atoms with Gasteiger partial charge in [-0.3, -0.25) is 0 Å². The van der Waals surface area contributed by atoms with Gasteiger partial charge in [-0.25, -0.2) is 9.48 Å². The number of hydrogen-bond acceptors (Lipinski definition) is 3. The molecule has 1 atom stereocenters. The standard InChI is InChI=1S/C16H21ClN4O2/c1-3-16(2,7-10-22)20-15(23)19-12-5-6-14(13(17)11-12)21-9-4-8-18-21/h4-6,8-9,11,22H,3,7,10H2,1-2H3,(H2,19,20,23). The number of carbonyl (C=O) groups excluding carboxylic acids is 1. The van der Waals surface area contributed by atoms with Gasteiger partial charge in [-0.05, 0) is 44.0 Å². The maximum absolute atomic E-state index is 12.1. The van der Waals surface area contributed by atoms with Crippen molar-refractivity contribution in [2.45, 2.75) is 32.2 Å². The van der Waals surface area contributed by atoms with E-state index in [1.165, 1.54) is 0 Å². The molecule has 0 spiro atoms. The first-order valence-corrected chi connectivity index (χ1v) is 7.85. The van der Waals surface area contributed by atoms with Crippen molar-refractivity contribution in [1.82, 2.24) is 15.1 Å². The molecule has 0 radical (unpaired) electrons. The average Bonchev–Trinajstić information content (AvgIpc) is 3.01. The van der Waals surface area contributed by atoms with Crippen molar-refractivity contribution in [3.8, 4) is 5.69 Å². The van der Waals surface area contributed by atoms with Gasteiger partial charge >= 0.3 is 6.03 Å². The molecule has 2 aromatic rings. The van der Waals surface area contributed by atoms with E-state index in [1.54, 1.807) is 35.3 Å². The molecule has 1 aromatic carbocycles. The molecule has 0 saturated heterocycles. The number of nitrogens with one attached hydrogen (secondary N) is 2. The highest BCUT2D eigenvalue weighted by atomic mass is 35.5. The molecule has 2 rings (SSSR count). The molecule has 124 valence electrons. The molecule has 0 saturated carbocycles. The summed E-state index contributed by atoms with van der Waals surface area (Å²) in [7, 11) is 0. The minimum atomic E-state index is -0.447. The maximum atomic E-state index is 12.1. The van der Waals surface area contributed by atoms with Crippen LogP contribution in [0.1, 0.15) is 26.7 Å². The van der Waals surface area contributed by atoms with Crippen LogP contribution in [0.3, 0.4) is 0 Å². The lowest BCUT2D eigenvalue weighted by molar-refractivity contribution is 0.208. The topological polar surface area (TPSA) is 79.2 Å². The van der Waals surface area contributed by atoms with Crippen LogP contribution >= 0.6 is 11.6 Å². The van der Waals surface area contributed by atoms with Crippen molar-refractivity contribution in [3.63, 3.8) is 0 Å². The molecule has 0 aliphatic carbocycles. The first-order valence-electron chi connectivity index (χ1n) is 7.47. The van der Waals surface area contributed by atoms with Gasteiger partial charge in [0.25, 0.3) is 0 Å². The molecule has 1 heterocycles. The lowest BCUT2D eigenvalue weighted by Gasteiger charge is -2.29. The molecule has 23 heavy (non-hydrogen) atoms. The summed E-state index contributed by atoms with van der Waals surface area (Å²) in [6, 6.07) is 6.71. The number of nitrogens with zero attached hydrogens (tertiary/aromatic N) is 2. The smallest absolute Gasteiger partial charge is 0.319 e. The van der Waals surface area contributed by atoms with Gasteiger partial charge in [0.2, 0.25) is 0 Å². The minimum Gasteiger partial charge on any atom is -0.396 e. The fraction of sp³-hybridized carbons (Fsp3) is 0.375. The number of amides is 2. The summed E-state index contributed by atoms with van der Waals surface area (Å²) < 4.78 is 1.65. The van der Waals surface area contributed by atoms with E-state index in [2.05, 4.69) is 15.7 Å². The summed E-state index contributed by atoms with van der Waals surface area (Å²) in [5, 5.41) is 19.3. The van der Waals surface area contributed by atoms with Crippen LogP contribution in [0.4, 0.5) is 10.5 Å². The van der Waals surface area contributed by atoms with Crippen molar-refractivity contribution in [3.05, 3.63) is 41.7 Å². The number of urea groups is 1. The number of aliphatic hydroxyl groups excluding tert-OH is 1. The van der Waals surface area contributed by atoms with E-state index in [9.17, 15) is 4.79 Å². The molecule has 6 nitrogen and oxygen atoms in total. The van der Waals surface area contributed by atoms with Crippen molar-refractivity contribution >= 4 is 23.3 Å². The Hall–Kier alpha value is -2.05. The van der Waals surface area contributed by atoms with Gasteiger partial charge in [0.1, 0.15) is 0 Å². The Morgan fingerprint density at radius 2 is 2.26 bits per heavy atom. The third kappa shape index (κ3) is 4.46. The van der Waals surface area contributed by atoms with Crippen LogP contribution in [0.25, 0.3) is 5.69 Å². The molecule has 2 amide bonds. The number of rotatable bonds is 6. The van der Waals surface area contributed by atoms with Gasteiger partial charge in [0, 0.05) is 30.2 Å². The van der Waals surface area contributed by atoms with Crippen LogP contribution in [0.5, 0.6) is 0 Å². The zero-order valence-electron chi connectivity index (χ0n) is 13.2. The van der Waals surface area contributed by atoms with E-state index in [0.717, 1.165) is 12.1 Å². The van der Waals surface area contributed by atoms with Gasteiger partial charge < -0.3 is 15.7 Å². The number of hydrogen-bond donors (Lipinski definition) is 3. The largest absolute Gasteiger partial charge is 0.396 e. The third-order valence-electron chi connectivity index (χ3n) is 3.82. The second-order valence-electron chi connectivity index (χ2n) is 5.58. The van der Waals surface area contributed by atoms with Crippen LogP contribution in [0, 0.1) is 0 Å². The average molecular weight is 337 g/mol. The van der Waals surface area contributed by atoms with Crippen LogP contribution in [0.15, 0.2) is 36.7 Å². The molecule has 7 heteroatoms. The van der Waals surface area contributed by atoms with Gasteiger partial charge in [0.15, 0.2) is 0 Å². The Bertz CT molecular complexity index is 660. The van der Waals surface area contributed by atoms with Crippen molar-refractivity contribution in [2.75, 3.05) is 11.9 Å². The quantitative estimate of drug-likeness (QED) is 0.758. The van der Waals surface area contributed by atoms with E-state index in [1.807, 2.05) is 19.9 Å². The number of aromatic nitrogens is 2. The van der Waals surface area contributed by atoms with Gasteiger partial charge in [-0.1, -0.05) is 18.5 Å². The molecule has 0 bridgehead atoms. The first kappa shape index (κ1) is 17.3. The summed E-state index contributed by atoms with van der Waals surface area (Å²) in [5.41, 5.74) is 0.879. The zero-order valence-corrected chi connectivity index (χ0v) is 14.0. The second kappa shape index (κ2) is 7.48. The molecule has 1 unspecified atom stereocenters. The Kier molecular flexibility index (Phi) is 5.63. The number of anilines is 1. The Labute approximate surface area is 140 Å². The highest BCUT2D eigenvalue weighted by Crippen LogP contribution is 2.24. The highest BCUT2D eigenvalue weighted by molar-refractivity contribution is 6.32. The molecular weight excluding hydrogens is 316 g/mol. The molecule has 3 N–H and O–H groups in total. The summed E-state index contributed by atoms with van der Waals surface area (Å²) in [5.74, 6) is 0. The van der Waals surface area contributed by atoms with Crippen LogP contribution in [-0.4, -0.2) is 33.1 Å². The normalized spacial score (nSPS) is 13.4. The SMILES string of the molecule is CCC(C)(CCO)NC(=O)Nc1ccc(-n2cccn2)c(Cl)c1. The minimum absolute atomic E-state index is 0.0228. The molecular formula is C16H21ClN4O2. The van der Waals surface area contributed by atoms with Crippen molar-refractivity contribution in [1.29, 1.82) is 0 Å². The van der Waals surface area contributed by atoms with Crippen LogP contribution in [0.2, 0.25) is 5.02 Å². The second-order valence-corrected chi connectivity index (χ2v) is 5.99. The fourth-order valence-corrected chi connectivity index (χ4v) is 2.46. The fourth-order valence-electron chi connectivity index (χ4n) is 2.19. The van der Waals surface area contributed by atoms with E-state index in [-0.39, 0.29) is 12.6 Å². The lowest BCUT2D eigenvalue weighted by Crippen LogP contribution is -2.48. The van der Waals surface area contributed by atoms with Crippen molar-refractivity contribution in [2.24, 2.45) is 0 Å². The highest BCUT2D eigenvalue weighted by Gasteiger charge is 2.23. The van der Waals surface area contributed by atoms with Gasteiger partial charge in [0.05, 0.1) is 10.7 Å². The van der Waals surface area contributed by atoms with E-state index < -0.39 is 5.54 Å². The summed E-state index contributed by atoms with van der Waals surface area (Å²) >= 11 is 6.25. The van der Waals surface area contributed by atoms with Crippen LogP contribution in [-0.2, 0) is 0 Å². The Morgan fingerprint density at radius 1 is 1.48 bits per heavy atom. The third-order valence-corrected chi connectivity index (χ3v) is 4.12. The van der Waals surface area contributed by atoms with Gasteiger partial charge in [-0.15, -0.1) is 0 Å². The predicted octanol–water partition coefficient (Wildman–Crippen LogP) is 3.20. The number of carbonyl (C=O) groups is 1. The number of halogens is 1. The summed E-state index contributed by atoms with van der Waals surface area (Å²) in [4.78, 5) is 12.1. The summed E-state index contributed by atoms with van der Waals surface area (Å²) in [6.07, 6.45) is 4.68. The Balaban J connectivity index is 2.06. The van der Waals surface area contributed by atoms with Crippen molar-refractivity contribution < 1.29 is 9.90 Å². The first-order chi connectivity index (χ1) is 11.0. The molecule has 0 fully saturated rings. The number of benzene rings is 1. The van der Waals surface area contributed by atoms with Crippen LogP contribution < -0.4 is 10.6 Å². The molecule has 0 aliphatic heterocycles. The predicted molar refractivity (Wildman–Crippen MR) is 91.1 cm³/mol. The lowest BCUT2D eigenvalue weighted by atomic mass is 9.95. The van der Waals surface area contributed by atoms with E-state index in [0.29, 0.717) is 17.1 Å². The number of aliphatic hydroxyl groups is 1. The zero-order chi connectivity index (χ0) is 16.9. The Morgan fingerprint density at radius 3 is 2.83 bits per heavy atom. The molecule has 0 aliphatic rings. The van der Waals surface area contributed by atoms with E-state index in [4.69, 9.17) is 16.7 Å². The van der Waals surface area contributed by atoms with Gasteiger partial charge in [-0.2, -0.15) is 5.10 Å². The molecule has 1 aromatic heterocycles. The van der Waals surface area contributed by atoms with E-state index >= 15 is 0 Å².